The van der Waals surface area contributed by atoms with Gasteiger partial charge in [0.1, 0.15) is 5.76 Å². The van der Waals surface area contributed by atoms with Gasteiger partial charge in [-0.2, -0.15) is 0 Å². The molecular formula is C13H18BrNO2. The van der Waals surface area contributed by atoms with Crippen molar-refractivity contribution in [1.29, 1.82) is 0 Å². The standard InChI is InChI=1S/C13H18BrNO2/c1-2-12-11(5-8-17-12)13(16)15-7-4-10(9-15)3-6-14/h5,8,10H,2-4,6-7,9H2,1H3. The number of aryl methyl sites for hydroxylation is 1. The molecule has 1 aliphatic rings. The van der Waals surface area contributed by atoms with Crippen molar-refractivity contribution in [2.24, 2.45) is 5.92 Å². The summed E-state index contributed by atoms with van der Waals surface area (Å²) >= 11 is 3.46. The Hall–Kier alpha value is -0.770. The van der Waals surface area contributed by atoms with Gasteiger partial charge in [0.15, 0.2) is 0 Å². The van der Waals surface area contributed by atoms with Crippen LogP contribution in [-0.2, 0) is 6.42 Å². The number of furan rings is 1. The zero-order chi connectivity index (χ0) is 12.3. The number of nitrogens with zero attached hydrogens (tertiary/aromatic N) is 1. The first kappa shape index (κ1) is 12.7. The molecule has 3 nitrogen and oxygen atoms in total. The van der Waals surface area contributed by atoms with Crippen LogP contribution in [0, 0.1) is 5.92 Å². The summed E-state index contributed by atoms with van der Waals surface area (Å²) in [5.41, 5.74) is 0.743. The number of hydrogen-bond acceptors (Lipinski definition) is 2. The Balaban J connectivity index is 2.02. The van der Waals surface area contributed by atoms with Crippen molar-refractivity contribution < 1.29 is 9.21 Å². The van der Waals surface area contributed by atoms with Crippen molar-refractivity contribution in [1.82, 2.24) is 4.90 Å². The van der Waals surface area contributed by atoms with Gasteiger partial charge in [-0.15, -0.1) is 0 Å². The molecule has 0 aromatic carbocycles. The van der Waals surface area contributed by atoms with Gasteiger partial charge in [-0.25, -0.2) is 0 Å². The Morgan fingerprint density at radius 2 is 2.47 bits per heavy atom. The highest BCUT2D eigenvalue weighted by Crippen LogP contribution is 2.23. The van der Waals surface area contributed by atoms with Crippen LogP contribution in [-0.4, -0.2) is 29.2 Å². The topological polar surface area (TPSA) is 33.5 Å². The van der Waals surface area contributed by atoms with E-state index in [1.165, 1.54) is 0 Å². The molecule has 0 bridgehead atoms. The number of likely N-dealkylation sites (tertiary alicyclic amines) is 1. The Morgan fingerprint density at radius 3 is 3.18 bits per heavy atom. The Morgan fingerprint density at radius 1 is 1.65 bits per heavy atom. The molecule has 1 saturated heterocycles. The maximum Gasteiger partial charge on any atom is 0.257 e. The normalized spacial score (nSPS) is 19.9. The lowest BCUT2D eigenvalue weighted by atomic mass is 10.1. The van der Waals surface area contributed by atoms with Crippen LogP contribution >= 0.6 is 15.9 Å². The summed E-state index contributed by atoms with van der Waals surface area (Å²) in [6.07, 6.45) is 4.65. The summed E-state index contributed by atoms with van der Waals surface area (Å²) in [6, 6.07) is 1.79. The van der Waals surface area contributed by atoms with Crippen molar-refractivity contribution in [3.8, 4) is 0 Å². The van der Waals surface area contributed by atoms with E-state index in [-0.39, 0.29) is 5.91 Å². The van der Waals surface area contributed by atoms with Gasteiger partial charge in [0.25, 0.3) is 5.91 Å². The first-order valence-electron chi connectivity index (χ1n) is 6.17. The lowest BCUT2D eigenvalue weighted by Crippen LogP contribution is -2.29. The molecule has 1 unspecified atom stereocenters. The highest BCUT2D eigenvalue weighted by Gasteiger charge is 2.28. The predicted molar refractivity (Wildman–Crippen MR) is 70.5 cm³/mol. The minimum atomic E-state index is 0.132. The van der Waals surface area contributed by atoms with Crippen molar-refractivity contribution in [2.45, 2.75) is 26.2 Å². The SMILES string of the molecule is CCc1occc1C(=O)N1CCC(CCBr)C1. The van der Waals surface area contributed by atoms with Gasteiger partial charge in [-0.1, -0.05) is 22.9 Å². The van der Waals surface area contributed by atoms with Crippen LogP contribution in [0.15, 0.2) is 16.7 Å². The fourth-order valence-electron chi connectivity index (χ4n) is 2.38. The van der Waals surface area contributed by atoms with E-state index in [9.17, 15) is 4.79 Å². The molecule has 4 heteroatoms. The molecule has 1 fully saturated rings. The molecule has 1 amide bonds. The molecule has 0 spiro atoms. The second-order valence-corrected chi connectivity index (χ2v) is 5.29. The molecule has 2 heterocycles. The lowest BCUT2D eigenvalue weighted by Gasteiger charge is -2.16. The van der Waals surface area contributed by atoms with E-state index in [4.69, 9.17) is 4.42 Å². The minimum Gasteiger partial charge on any atom is -0.469 e. The Kier molecular flexibility index (Phi) is 4.26. The average molecular weight is 300 g/mol. The number of carbonyl (C=O) groups excluding carboxylic acids is 1. The predicted octanol–water partition coefficient (Wildman–Crippen LogP) is 3.09. The second-order valence-electron chi connectivity index (χ2n) is 4.49. The number of hydrogen-bond donors (Lipinski definition) is 0. The van der Waals surface area contributed by atoms with E-state index >= 15 is 0 Å². The van der Waals surface area contributed by atoms with Crippen LogP contribution in [0.25, 0.3) is 0 Å². The van der Waals surface area contributed by atoms with Crippen molar-refractivity contribution in [3.05, 3.63) is 23.7 Å². The van der Waals surface area contributed by atoms with E-state index in [0.29, 0.717) is 5.92 Å². The smallest absolute Gasteiger partial charge is 0.257 e. The average Bonchev–Trinajstić information content (AvgIpc) is 2.96. The van der Waals surface area contributed by atoms with E-state index in [1.807, 2.05) is 11.8 Å². The first-order chi connectivity index (χ1) is 8.26. The van der Waals surface area contributed by atoms with Crippen LogP contribution in [0.5, 0.6) is 0 Å². The fourth-order valence-corrected chi connectivity index (χ4v) is 3.03. The van der Waals surface area contributed by atoms with Gasteiger partial charge in [0.2, 0.25) is 0 Å². The highest BCUT2D eigenvalue weighted by atomic mass is 79.9. The molecule has 1 atom stereocenters. The largest absolute Gasteiger partial charge is 0.469 e. The van der Waals surface area contributed by atoms with Gasteiger partial charge >= 0.3 is 0 Å². The molecule has 17 heavy (non-hydrogen) atoms. The number of halogens is 1. The maximum absolute atomic E-state index is 12.3. The van der Waals surface area contributed by atoms with Crippen LogP contribution < -0.4 is 0 Å². The third kappa shape index (κ3) is 2.73. The van der Waals surface area contributed by atoms with Gasteiger partial charge < -0.3 is 9.32 Å². The van der Waals surface area contributed by atoms with Gasteiger partial charge in [0, 0.05) is 24.8 Å². The van der Waals surface area contributed by atoms with Gasteiger partial charge in [-0.05, 0) is 24.8 Å². The summed E-state index contributed by atoms with van der Waals surface area (Å²) in [5.74, 6) is 1.59. The maximum atomic E-state index is 12.3. The van der Waals surface area contributed by atoms with Gasteiger partial charge in [0.05, 0.1) is 11.8 Å². The quantitative estimate of drug-likeness (QED) is 0.801. The van der Waals surface area contributed by atoms with E-state index in [1.54, 1.807) is 12.3 Å². The van der Waals surface area contributed by atoms with Gasteiger partial charge in [-0.3, -0.25) is 4.79 Å². The molecule has 94 valence electrons. The zero-order valence-electron chi connectivity index (χ0n) is 10.1. The van der Waals surface area contributed by atoms with Crippen LogP contribution in [0.4, 0.5) is 0 Å². The number of amides is 1. The summed E-state index contributed by atoms with van der Waals surface area (Å²) in [5, 5.41) is 1.02. The second kappa shape index (κ2) is 5.71. The van der Waals surface area contributed by atoms with Crippen LogP contribution in [0.1, 0.15) is 35.9 Å². The summed E-state index contributed by atoms with van der Waals surface area (Å²) < 4.78 is 5.31. The third-order valence-electron chi connectivity index (χ3n) is 3.39. The highest BCUT2D eigenvalue weighted by molar-refractivity contribution is 9.09. The molecule has 1 aliphatic heterocycles. The lowest BCUT2D eigenvalue weighted by molar-refractivity contribution is 0.0785. The van der Waals surface area contributed by atoms with Crippen LogP contribution in [0.3, 0.4) is 0 Å². The van der Waals surface area contributed by atoms with Crippen molar-refractivity contribution >= 4 is 21.8 Å². The monoisotopic (exact) mass is 299 g/mol. The van der Waals surface area contributed by atoms with E-state index < -0.39 is 0 Å². The third-order valence-corrected chi connectivity index (χ3v) is 3.85. The van der Waals surface area contributed by atoms with Crippen molar-refractivity contribution in [3.63, 3.8) is 0 Å². The minimum absolute atomic E-state index is 0.132. The molecule has 2 rings (SSSR count). The molecular weight excluding hydrogens is 282 g/mol. The fraction of sp³-hybridized carbons (Fsp3) is 0.615. The van der Waals surface area contributed by atoms with Crippen molar-refractivity contribution in [2.75, 3.05) is 18.4 Å². The summed E-state index contributed by atoms with van der Waals surface area (Å²) in [6.45, 7) is 3.77. The first-order valence-corrected chi connectivity index (χ1v) is 7.30. The Labute approximate surface area is 110 Å². The molecule has 0 aliphatic carbocycles. The molecule has 1 aromatic heterocycles. The molecule has 1 aromatic rings. The number of alkyl halides is 1. The van der Waals surface area contributed by atoms with E-state index in [0.717, 1.165) is 49.0 Å². The van der Waals surface area contributed by atoms with Crippen LogP contribution in [0.2, 0.25) is 0 Å². The zero-order valence-corrected chi connectivity index (χ0v) is 11.7. The number of rotatable bonds is 4. The number of carbonyl (C=O) groups is 1. The molecule has 0 N–H and O–H groups in total. The van der Waals surface area contributed by atoms with E-state index in [2.05, 4.69) is 15.9 Å². The Bertz CT molecular complexity index is 389. The summed E-state index contributed by atoms with van der Waals surface area (Å²) in [4.78, 5) is 14.2. The molecule has 0 saturated carbocycles. The molecule has 0 radical (unpaired) electrons. The summed E-state index contributed by atoms with van der Waals surface area (Å²) in [7, 11) is 0.